The van der Waals surface area contributed by atoms with Crippen molar-refractivity contribution >= 4 is 11.6 Å². The number of hydrogen-bond acceptors (Lipinski definition) is 4. The quantitative estimate of drug-likeness (QED) is 0.475. The van der Waals surface area contributed by atoms with Crippen molar-refractivity contribution in [1.29, 1.82) is 0 Å². The van der Waals surface area contributed by atoms with Crippen LogP contribution in [-0.4, -0.2) is 80.7 Å². The molecule has 2 heterocycles. The van der Waals surface area contributed by atoms with Gasteiger partial charge in [0.25, 0.3) is 0 Å². The second-order valence-corrected chi connectivity index (χ2v) is 9.52. The fourth-order valence-electron chi connectivity index (χ4n) is 4.67. The zero-order valence-corrected chi connectivity index (χ0v) is 20.5. The lowest BCUT2D eigenvalue weighted by molar-refractivity contribution is 0.187. The first-order valence-corrected chi connectivity index (χ1v) is 12.5. The number of guanidine groups is 1. The van der Waals surface area contributed by atoms with Crippen LogP contribution in [-0.2, 0) is 6.54 Å². The average Bonchev–Trinajstić information content (AvgIpc) is 2.79. The number of likely N-dealkylation sites (N-methyl/N-ethyl adjacent to an activating group) is 1. The van der Waals surface area contributed by atoms with E-state index >= 15 is 0 Å². The Morgan fingerprint density at radius 2 is 1.78 bits per heavy atom. The van der Waals surface area contributed by atoms with E-state index in [1.807, 2.05) is 12.1 Å². The number of anilines is 1. The summed E-state index contributed by atoms with van der Waals surface area (Å²) < 4.78 is 14.8. The molecule has 2 aliphatic heterocycles. The van der Waals surface area contributed by atoms with Gasteiger partial charge in [-0.2, -0.15) is 0 Å². The maximum Gasteiger partial charge on any atom is 0.191 e. The minimum Gasteiger partial charge on any atom is -0.367 e. The van der Waals surface area contributed by atoms with Gasteiger partial charge in [0.1, 0.15) is 5.82 Å². The predicted octanol–water partition coefficient (Wildman–Crippen LogP) is 3.14. The Labute approximate surface area is 194 Å². The highest BCUT2D eigenvalue weighted by molar-refractivity contribution is 5.80. The Morgan fingerprint density at radius 1 is 1.06 bits per heavy atom. The topological polar surface area (TPSA) is 46.1 Å². The fraction of sp³-hybridized carbons (Fsp3) is 0.720. The Hall–Kier alpha value is -1.86. The van der Waals surface area contributed by atoms with Crippen molar-refractivity contribution < 1.29 is 4.39 Å². The number of nitrogens with one attached hydrogen (secondary N) is 2. The molecule has 0 unspecified atom stereocenters. The summed E-state index contributed by atoms with van der Waals surface area (Å²) in [5.74, 6) is 1.40. The summed E-state index contributed by atoms with van der Waals surface area (Å²) in [5, 5.41) is 6.94. The number of nitrogens with zero attached hydrogens (tertiary/aromatic N) is 4. The lowest BCUT2D eigenvalue weighted by Gasteiger charge is -2.35. The van der Waals surface area contributed by atoms with Crippen LogP contribution >= 0.6 is 0 Å². The molecule has 2 saturated heterocycles. The van der Waals surface area contributed by atoms with Crippen LogP contribution in [0, 0.1) is 11.7 Å². The van der Waals surface area contributed by atoms with Gasteiger partial charge in [-0.25, -0.2) is 9.38 Å². The summed E-state index contributed by atoms with van der Waals surface area (Å²) in [7, 11) is 0. The number of likely N-dealkylation sites (tertiary alicyclic amines) is 1. The molecule has 6 nitrogen and oxygen atoms in total. The molecule has 3 rings (SSSR count). The number of hydrogen-bond donors (Lipinski definition) is 2. The highest BCUT2D eigenvalue weighted by Crippen LogP contribution is 2.22. The van der Waals surface area contributed by atoms with Crippen LogP contribution < -0.4 is 15.5 Å². The van der Waals surface area contributed by atoms with Gasteiger partial charge in [0, 0.05) is 58.4 Å². The van der Waals surface area contributed by atoms with Gasteiger partial charge in [-0.1, -0.05) is 26.8 Å². The van der Waals surface area contributed by atoms with Crippen molar-refractivity contribution in [3.05, 3.63) is 29.6 Å². The summed E-state index contributed by atoms with van der Waals surface area (Å²) in [6.45, 7) is 18.4. The number of aliphatic imine (C=N–C) groups is 1. The van der Waals surface area contributed by atoms with Gasteiger partial charge in [-0.15, -0.1) is 0 Å². The second-order valence-electron chi connectivity index (χ2n) is 9.52. The molecule has 0 amide bonds. The van der Waals surface area contributed by atoms with Gasteiger partial charge in [0.2, 0.25) is 0 Å². The van der Waals surface area contributed by atoms with Crippen LogP contribution in [0.2, 0.25) is 0 Å². The Morgan fingerprint density at radius 3 is 2.38 bits per heavy atom. The van der Waals surface area contributed by atoms with Crippen molar-refractivity contribution in [2.24, 2.45) is 10.9 Å². The number of rotatable bonds is 8. The summed E-state index contributed by atoms with van der Waals surface area (Å²) in [6, 6.07) is 6.03. The zero-order valence-electron chi connectivity index (χ0n) is 20.5. The standard InChI is InChI=1S/C25H43FN6/c1-5-27-25(29-22-9-11-31(12-10-22)19-20(3)4)28-18-21-7-8-24(23(26)17-21)32-15-13-30(6-2)14-16-32/h7-8,17,20,22H,5-6,9-16,18-19H2,1-4H3,(H2,27,28,29). The average molecular weight is 447 g/mol. The monoisotopic (exact) mass is 446 g/mol. The Balaban J connectivity index is 1.54. The molecule has 180 valence electrons. The molecule has 0 spiro atoms. The molecule has 2 fully saturated rings. The normalized spacial score (nSPS) is 19.6. The summed E-state index contributed by atoms with van der Waals surface area (Å²) in [4.78, 5) is 11.9. The van der Waals surface area contributed by atoms with Crippen LogP contribution in [0.1, 0.15) is 46.1 Å². The third-order valence-corrected chi connectivity index (χ3v) is 6.49. The number of piperazine rings is 1. The highest BCUT2D eigenvalue weighted by Gasteiger charge is 2.21. The molecule has 0 atom stereocenters. The second kappa shape index (κ2) is 12.4. The fourth-order valence-corrected chi connectivity index (χ4v) is 4.67. The van der Waals surface area contributed by atoms with Gasteiger partial charge in [0.05, 0.1) is 12.2 Å². The SMILES string of the molecule is CCNC(=NCc1ccc(N2CCN(CC)CC2)c(F)c1)NC1CCN(CC(C)C)CC1. The van der Waals surface area contributed by atoms with E-state index in [0.29, 0.717) is 24.2 Å². The summed E-state index contributed by atoms with van der Waals surface area (Å²) in [5.41, 5.74) is 1.62. The van der Waals surface area contributed by atoms with Crippen molar-refractivity contribution in [2.75, 3.05) is 63.8 Å². The molecule has 2 N–H and O–H groups in total. The molecular formula is C25H43FN6. The van der Waals surface area contributed by atoms with E-state index in [2.05, 4.69) is 53.0 Å². The van der Waals surface area contributed by atoms with Gasteiger partial charge in [-0.3, -0.25) is 0 Å². The number of piperidine rings is 1. The zero-order chi connectivity index (χ0) is 22.9. The highest BCUT2D eigenvalue weighted by atomic mass is 19.1. The van der Waals surface area contributed by atoms with E-state index in [4.69, 9.17) is 4.99 Å². The third-order valence-electron chi connectivity index (χ3n) is 6.49. The van der Waals surface area contributed by atoms with E-state index in [1.54, 1.807) is 6.07 Å². The first-order chi connectivity index (χ1) is 15.5. The van der Waals surface area contributed by atoms with Crippen molar-refractivity contribution in [3.63, 3.8) is 0 Å². The van der Waals surface area contributed by atoms with Crippen LogP contribution in [0.5, 0.6) is 0 Å². The van der Waals surface area contributed by atoms with Crippen LogP contribution in [0.4, 0.5) is 10.1 Å². The Kier molecular flexibility index (Phi) is 9.60. The van der Waals surface area contributed by atoms with E-state index in [9.17, 15) is 4.39 Å². The van der Waals surface area contributed by atoms with Crippen LogP contribution in [0.25, 0.3) is 0 Å². The molecular weight excluding hydrogens is 403 g/mol. The van der Waals surface area contributed by atoms with Crippen LogP contribution in [0.15, 0.2) is 23.2 Å². The van der Waals surface area contributed by atoms with E-state index in [1.165, 1.54) is 6.54 Å². The van der Waals surface area contributed by atoms with Crippen molar-refractivity contribution in [3.8, 4) is 0 Å². The van der Waals surface area contributed by atoms with E-state index in [-0.39, 0.29) is 5.82 Å². The first-order valence-electron chi connectivity index (χ1n) is 12.5. The molecule has 1 aromatic carbocycles. The minimum absolute atomic E-state index is 0.141. The molecule has 7 heteroatoms. The minimum atomic E-state index is -0.141. The van der Waals surface area contributed by atoms with E-state index in [0.717, 1.165) is 76.7 Å². The number of halogens is 1. The first kappa shape index (κ1) is 24.8. The van der Waals surface area contributed by atoms with Gasteiger partial charge < -0.3 is 25.3 Å². The molecule has 0 radical (unpaired) electrons. The third kappa shape index (κ3) is 7.34. The predicted molar refractivity (Wildman–Crippen MR) is 133 cm³/mol. The maximum absolute atomic E-state index is 14.8. The molecule has 0 bridgehead atoms. The summed E-state index contributed by atoms with van der Waals surface area (Å²) >= 11 is 0. The number of benzene rings is 1. The lowest BCUT2D eigenvalue weighted by Crippen LogP contribution is -2.49. The molecule has 0 saturated carbocycles. The van der Waals surface area contributed by atoms with Crippen molar-refractivity contribution in [2.45, 2.75) is 53.1 Å². The largest absolute Gasteiger partial charge is 0.367 e. The molecule has 0 aromatic heterocycles. The Bertz CT molecular complexity index is 721. The van der Waals surface area contributed by atoms with E-state index < -0.39 is 0 Å². The smallest absolute Gasteiger partial charge is 0.191 e. The summed E-state index contributed by atoms with van der Waals surface area (Å²) in [6.07, 6.45) is 2.26. The lowest BCUT2D eigenvalue weighted by atomic mass is 10.0. The van der Waals surface area contributed by atoms with Crippen molar-refractivity contribution in [1.82, 2.24) is 20.4 Å². The molecule has 0 aliphatic carbocycles. The molecule has 32 heavy (non-hydrogen) atoms. The van der Waals surface area contributed by atoms with Crippen LogP contribution in [0.3, 0.4) is 0 Å². The molecule has 2 aliphatic rings. The van der Waals surface area contributed by atoms with Gasteiger partial charge in [-0.05, 0) is 49.9 Å². The van der Waals surface area contributed by atoms with Gasteiger partial charge in [0.15, 0.2) is 5.96 Å². The maximum atomic E-state index is 14.8. The van der Waals surface area contributed by atoms with Gasteiger partial charge >= 0.3 is 0 Å². The molecule has 1 aromatic rings.